The van der Waals surface area contributed by atoms with Crippen molar-refractivity contribution in [3.05, 3.63) is 80.0 Å². The van der Waals surface area contributed by atoms with Gasteiger partial charge in [0.25, 0.3) is 5.56 Å². The Morgan fingerprint density at radius 1 is 1.11 bits per heavy atom. The van der Waals surface area contributed by atoms with Crippen molar-refractivity contribution in [2.24, 2.45) is 0 Å². The van der Waals surface area contributed by atoms with Gasteiger partial charge in [-0.25, -0.2) is 4.79 Å². The summed E-state index contributed by atoms with van der Waals surface area (Å²) in [5, 5.41) is 3.63. The van der Waals surface area contributed by atoms with Crippen LogP contribution in [-0.4, -0.2) is 15.0 Å². The standard InChI is InChI=1S/C20H20ClN3O3/c1-3-23-19(26)16-10-9-15(21)11-17(16)24(20(23)27)12-18(25)22-13(2)14-7-5-4-6-8-14/h4-11,13H,3,12H2,1-2H3,(H,22,25)/t13-/m0/s1. The van der Waals surface area contributed by atoms with Gasteiger partial charge in [-0.3, -0.25) is 18.7 Å². The topological polar surface area (TPSA) is 73.1 Å². The lowest BCUT2D eigenvalue weighted by Crippen LogP contribution is -2.42. The third kappa shape index (κ3) is 3.80. The molecule has 0 aliphatic heterocycles. The Bertz CT molecular complexity index is 1100. The van der Waals surface area contributed by atoms with Gasteiger partial charge in [-0.1, -0.05) is 41.9 Å². The summed E-state index contributed by atoms with van der Waals surface area (Å²) in [5.41, 5.74) is 0.401. The number of amides is 1. The highest BCUT2D eigenvalue weighted by Crippen LogP contribution is 2.16. The van der Waals surface area contributed by atoms with Crippen molar-refractivity contribution in [3.63, 3.8) is 0 Å². The molecule has 0 aliphatic carbocycles. The quantitative estimate of drug-likeness (QED) is 0.733. The van der Waals surface area contributed by atoms with Crippen LogP contribution in [0.5, 0.6) is 0 Å². The van der Waals surface area contributed by atoms with Gasteiger partial charge in [-0.05, 0) is 37.6 Å². The highest BCUT2D eigenvalue weighted by Gasteiger charge is 2.16. The van der Waals surface area contributed by atoms with Crippen molar-refractivity contribution >= 4 is 28.4 Å². The number of aromatic nitrogens is 2. The van der Waals surface area contributed by atoms with Crippen molar-refractivity contribution in [2.75, 3.05) is 0 Å². The number of hydrogen-bond acceptors (Lipinski definition) is 3. The summed E-state index contributed by atoms with van der Waals surface area (Å²) in [7, 11) is 0. The molecule has 0 bridgehead atoms. The molecule has 0 aliphatic rings. The molecule has 3 rings (SSSR count). The predicted octanol–water partition coefficient (Wildman–Crippen LogP) is 2.71. The van der Waals surface area contributed by atoms with Crippen LogP contribution in [0.2, 0.25) is 5.02 Å². The SMILES string of the molecule is CCn1c(=O)c2ccc(Cl)cc2n(CC(=O)N[C@@H](C)c2ccccc2)c1=O. The van der Waals surface area contributed by atoms with Crippen molar-refractivity contribution in [3.8, 4) is 0 Å². The third-order valence-corrected chi connectivity index (χ3v) is 4.72. The molecular formula is C20H20ClN3O3. The van der Waals surface area contributed by atoms with Gasteiger partial charge in [0.1, 0.15) is 6.54 Å². The highest BCUT2D eigenvalue weighted by atomic mass is 35.5. The fraction of sp³-hybridized carbons (Fsp3) is 0.250. The van der Waals surface area contributed by atoms with Crippen LogP contribution in [0.1, 0.15) is 25.5 Å². The molecule has 0 saturated carbocycles. The van der Waals surface area contributed by atoms with Gasteiger partial charge < -0.3 is 5.32 Å². The number of carbonyl (C=O) groups is 1. The van der Waals surface area contributed by atoms with Crippen LogP contribution >= 0.6 is 11.6 Å². The van der Waals surface area contributed by atoms with E-state index in [0.717, 1.165) is 10.1 Å². The number of nitrogens with one attached hydrogen (secondary N) is 1. The molecule has 140 valence electrons. The number of nitrogens with zero attached hydrogens (tertiary/aromatic N) is 2. The van der Waals surface area contributed by atoms with Gasteiger partial charge in [0, 0.05) is 11.6 Å². The molecule has 7 heteroatoms. The van der Waals surface area contributed by atoms with E-state index in [4.69, 9.17) is 11.6 Å². The van der Waals surface area contributed by atoms with Crippen molar-refractivity contribution in [1.82, 2.24) is 14.5 Å². The predicted molar refractivity (Wildman–Crippen MR) is 106 cm³/mol. The van der Waals surface area contributed by atoms with Gasteiger partial charge in [0.2, 0.25) is 5.91 Å². The normalized spacial score (nSPS) is 12.1. The zero-order chi connectivity index (χ0) is 19.6. The van der Waals surface area contributed by atoms with Crippen LogP contribution in [0, 0.1) is 0 Å². The third-order valence-electron chi connectivity index (χ3n) is 4.48. The summed E-state index contributed by atoms with van der Waals surface area (Å²) in [6.07, 6.45) is 0. The molecule has 0 radical (unpaired) electrons. The van der Waals surface area contributed by atoms with E-state index in [2.05, 4.69) is 5.32 Å². The van der Waals surface area contributed by atoms with Gasteiger partial charge >= 0.3 is 5.69 Å². The number of rotatable bonds is 5. The first kappa shape index (κ1) is 18.9. The van der Waals surface area contributed by atoms with Gasteiger partial charge in [0.05, 0.1) is 16.9 Å². The average Bonchev–Trinajstić information content (AvgIpc) is 2.66. The molecule has 1 atom stereocenters. The number of benzene rings is 2. The number of fused-ring (bicyclic) bond motifs is 1. The minimum Gasteiger partial charge on any atom is -0.348 e. The second kappa shape index (κ2) is 7.80. The highest BCUT2D eigenvalue weighted by molar-refractivity contribution is 6.31. The maximum absolute atomic E-state index is 12.7. The molecule has 1 heterocycles. The Kier molecular flexibility index (Phi) is 5.46. The molecule has 0 spiro atoms. The minimum absolute atomic E-state index is 0.201. The maximum Gasteiger partial charge on any atom is 0.331 e. The number of hydrogen-bond donors (Lipinski definition) is 1. The van der Waals surface area contributed by atoms with E-state index in [0.29, 0.717) is 15.9 Å². The molecule has 1 amide bonds. The van der Waals surface area contributed by atoms with E-state index < -0.39 is 5.69 Å². The molecule has 0 fully saturated rings. The first-order chi connectivity index (χ1) is 12.9. The molecular weight excluding hydrogens is 366 g/mol. The van der Waals surface area contributed by atoms with E-state index in [-0.39, 0.29) is 30.6 Å². The molecule has 6 nitrogen and oxygen atoms in total. The summed E-state index contributed by atoms with van der Waals surface area (Å²) in [6.45, 7) is 3.61. The van der Waals surface area contributed by atoms with Crippen LogP contribution in [0.4, 0.5) is 0 Å². The Labute approximate surface area is 161 Å². The lowest BCUT2D eigenvalue weighted by atomic mass is 10.1. The van der Waals surface area contributed by atoms with Gasteiger partial charge in [-0.2, -0.15) is 0 Å². The van der Waals surface area contributed by atoms with Crippen LogP contribution in [0.3, 0.4) is 0 Å². The van der Waals surface area contributed by atoms with Gasteiger partial charge in [-0.15, -0.1) is 0 Å². The molecule has 3 aromatic rings. The molecule has 1 aromatic heterocycles. The molecule has 0 unspecified atom stereocenters. The lowest BCUT2D eigenvalue weighted by molar-refractivity contribution is -0.122. The fourth-order valence-corrected chi connectivity index (χ4v) is 3.24. The zero-order valence-corrected chi connectivity index (χ0v) is 15.9. The molecule has 27 heavy (non-hydrogen) atoms. The van der Waals surface area contributed by atoms with Crippen LogP contribution < -0.4 is 16.6 Å². The van der Waals surface area contributed by atoms with E-state index in [1.807, 2.05) is 37.3 Å². The van der Waals surface area contributed by atoms with Crippen molar-refractivity contribution < 1.29 is 4.79 Å². The Balaban J connectivity index is 1.99. The van der Waals surface area contributed by atoms with Gasteiger partial charge in [0.15, 0.2) is 0 Å². The average molecular weight is 386 g/mol. The van der Waals surface area contributed by atoms with Crippen molar-refractivity contribution in [1.29, 1.82) is 0 Å². The second-order valence-electron chi connectivity index (χ2n) is 6.28. The first-order valence-electron chi connectivity index (χ1n) is 8.69. The van der Waals surface area contributed by atoms with Crippen LogP contribution in [-0.2, 0) is 17.9 Å². The summed E-state index contributed by atoms with van der Waals surface area (Å²) in [5.74, 6) is -0.323. The largest absolute Gasteiger partial charge is 0.348 e. The van der Waals surface area contributed by atoms with Crippen molar-refractivity contribution in [2.45, 2.75) is 33.0 Å². The number of carbonyl (C=O) groups excluding carboxylic acids is 1. The van der Waals surface area contributed by atoms with E-state index >= 15 is 0 Å². The van der Waals surface area contributed by atoms with E-state index in [9.17, 15) is 14.4 Å². The monoisotopic (exact) mass is 385 g/mol. The second-order valence-corrected chi connectivity index (χ2v) is 6.72. The van der Waals surface area contributed by atoms with E-state index in [1.165, 1.54) is 10.6 Å². The Morgan fingerprint density at radius 3 is 2.48 bits per heavy atom. The molecule has 2 aromatic carbocycles. The van der Waals surface area contributed by atoms with Crippen LogP contribution in [0.25, 0.3) is 10.9 Å². The Hall–Kier alpha value is -2.86. The van der Waals surface area contributed by atoms with Crippen LogP contribution in [0.15, 0.2) is 58.1 Å². The zero-order valence-electron chi connectivity index (χ0n) is 15.1. The molecule has 1 N–H and O–H groups in total. The smallest absolute Gasteiger partial charge is 0.331 e. The summed E-state index contributed by atoms with van der Waals surface area (Å²) >= 11 is 6.05. The minimum atomic E-state index is -0.528. The summed E-state index contributed by atoms with van der Waals surface area (Å²) in [6, 6.07) is 14.0. The summed E-state index contributed by atoms with van der Waals surface area (Å²) in [4.78, 5) is 37.8. The number of halogens is 1. The lowest BCUT2D eigenvalue weighted by Gasteiger charge is -2.17. The van der Waals surface area contributed by atoms with E-state index in [1.54, 1.807) is 19.1 Å². The fourth-order valence-electron chi connectivity index (χ4n) is 3.08. The first-order valence-corrected chi connectivity index (χ1v) is 9.07. The molecule has 0 saturated heterocycles. The summed E-state index contributed by atoms with van der Waals surface area (Å²) < 4.78 is 2.41. The maximum atomic E-state index is 12.7. The Morgan fingerprint density at radius 2 is 1.81 bits per heavy atom.